The van der Waals surface area contributed by atoms with Crippen molar-refractivity contribution >= 4 is 41.8 Å². The van der Waals surface area contributed by atoms with E-state index < -0.39 is 12.7 Å². The van der Waals surface area contributed by atoms with Crippen LogP contribution < -0.4 is 10.6 Å². The van der Waals surface area contributed by atoms with Gasteiger partial charge < -0.3 is 10.6 Å². The molecule has 3 rings (SSSR count). The average molecular weight is 543 g/mol. The predicted octanol–water partition coefficient (Wildman–Crippen LogP) is 1.46. The lowest BCUT2D eigenvalue weighted by Gasteiger charge is -2.20. The van der Waals surface area contributed by atoms with Crippen molar-refractivity contribution in [2.45, 2.75) is 19.0 Å². The molecule has 0 radical (unpaired) electrons. The molecule has 11 heteroatoms. The Bertz CT molecular complexity index is 670. The van der Waals surface area contributed by atoms with Crippen LogP contribution in [0.15, 0.2) is 17.1 Å². The number of halogens is 4. The molecule has 0 spiro atoms. The van der Waals surface area contributed by atoms with Gasteiger partial charge in [0.1, 0.15) is 0 Å². The van der Waals surface area contributed by atoms with Crippen LogP contribution in [0.25, 0.3) is 0 Å². The molecule has 170 valence electrons. The molecule has 4 atom stereocenters. The van der Waals surface area contributed by atoms with Crippen molar-refractivity contribution in [1.29, 1.82) is 0 Å². The van der Waals surface area contributed by atoms with Gasteiger partial charge in [-0.25, -0.2) is 0 Å². The molecule has 1 heterocycles. The molecule has 1 aliphatic heterocycles. The Morgan fingerprint density at radius 2 is 1.73 bits per heavy atom. The van der Waals surface area contributed by atoms with Gasteiger partial charge in [-0.3, -0.25) is 24.4 Å². The standard InChI is InChI=1S/C19H28F3N5O2.HI/c1-23-18(24-6-3-8-26(2)11-19(20,21)22)25-7-9-27-16(28)14-12-4-5-13(10-12)15(14)17(27)29;/h4-5,12-15H,3,6-11H2,1-2H3,(H2,23,24,25);1H. The van der Waals surface area contributed by atoms with E-state index in [9.17, 15) is 22.8 Å². The van der Waals surface area contributed by atoms with Gasteiger partial charge >= 0.3 is 6.18 Å². The number of carbonyl (C=O) groups excluding carboxylic acids is 2. The van der Waals surface area contributed by atoms with E-state index in [2.05, 4.69) is 27.8 Å². The lowest BCUT2D eigenvalue weighted by atomic mass is 9.85. The van der Waals surface area contributed by atoms with Gasteiger partial charge in [0.05, 0.1) is 18.4 Å². The molecule has 2 aliphatic carbocycles. The molecule has 0 aromatic carbocycles. The van der Waals surface area contributed by atoms with Crippen LogP contribution in [0.1, 0.15) is 12.8 Å². The number of likely N-dealkylation sites (tertiary alicyclic amines) is 1. The zero-order valence-corrected chi connectivity index (χ0v) is 19.4. The molecule has 3 aliphatic rings. The van der Waals surface area contributed by atoms with E-state index in [0.717, 1.165) is 6.42 Å². The molecule has 2 fully saturated rings. The minimum atomic E-state index is -4.20. The fraction of sp³-hybridized carbons (Fsp3) is 0.737. The van der Waals surface area contributed by atoms with Crippen molar-refractivity contribution in [3.63, 3.8) is 0 Å². The highest BCUT2D eigenvalue weighted by atomic mass is 127. The first-order valence-electron chi connectivity index (χ1n) is 9.94. The van der Waals surface area contributed by atoms with Crippen molar-refractivity contribution in [1.82, 2.24) is 20.4 Å². The molecule has 4 unspecified atom stereocenters. The van der Waals surface area contributed by atoms with E-state index in [1.807, 2.05) is 0 Å². The number of aliphatic imine (C=N–C) groups is 1. The summed E-state index contributed by atoms with van der Waals surface area (Å²) in [6, 6.07) is 0. The molecule has 0 aromatic heterocycles. The van der Waals surface area contributed by atoms with E-state index in [1.54, 1.807) is 7.05 Å². The zero-order chi connectivity index (χ0) is 21.2. The quantitative estimate of drug-likeness (QED) is 0.121. The number of imide groups is 1. The molecular weight excluding hydrogens is 514 g/mol. The molecule has 30 heavy (non-hydrogen) atoms. The summed E-state index contributed by atoms with van der Waals surface area (Å²) in [5.74, 6) is 0.356. The fourth-order valence-corrected chi connectivity index (χ4v) is 4.63. The van der Waals surface area contributed by atoms with Crippen molar-refractivity contribution in [3.8, 4) is 0 Å². The summed E-state index contributed by atoms with van der Waals surface area (Å²) in [7, 11) is 3.02. The maximum Gasteiger partial charge on any atom is 0.401 e. The molecule has 1 saturated carbocycles. The third-order valence-electron chi connectivity index (χ3n) is 5.87. The van der Waals surface area contributed by atoms with Crippen LogP contribution in [0, 0.1) is 23.7 Å². The normalized spacial score (nSPS) is 27.7. The lowest BCUT2D eigenvalue weighted by Crippen LogP contribution is -2.44. The van der Waals surface area contributed by atoms with Gasteiger partial charge in [0.25, 0.3) is 0 Å². The van der Waals surface area contributed by atoms with E-state index >= 15 is 0 Å². The number of carbonyl (C=O) groups is 2. The largest absolute Gasteiger partial charge is 0.401 e. The van der Waals surface area contributed by atoms with Crippen LogP contribution in [0.4, 0.5) is 13.2 Å². The Kier molecular flexibility index (Phi) is 8.54. The van der Waals surface area contributed by atoms with Crippen LogP contribution in [-0.4, -0.2) is 80.6 Å². The third kappa shape index (κ3) is 5.65. The Hall–Kier alpha value is -1.37. The van der Waals surface area contributed by atoms with Crippen molar-refractivity contribution in [2.75, 3.05) is 46.8 Å². The number of fused-ring (bicyclic) bond motifs is 5. The highest BCUT2D eigenvalue weighted by Gasteiger charge is 2.58. The Morgan fingerprint density at radius 1 is 1.17 bits per heavy atom. The molecule has 7 nitrogen and oxygen atoms in total. The maximum absolute atomic E-state index is 12.6. The van der Waals surface area contributed by atoms with Gasteiger partial charge in [-0.15, -0.1) is 24.0 Å². The van der Waals surface area contributed by atoms with Gasteiger partial charge in [0.2, 0.25) is 11.8 Å². The number of nitrogens with one attached hydrogen (secondary N) is 2. The SMILES string of the molecule is CN=C(NCCCN(C)CC(F)(F)F)NCCN1C(=O)C2C3C=CC(C3)C2C1=O.I. The molecular formula is C19H29F3IN5O2. The molecule has 2 N–H and O–H groups in total. The van der Waals surface area contributed by atoms with E-state index in [1.165, 1.54) is 16.8 Å². The third-order valence-corrected chi connectivity index (χ3v) is 5.87. The first kappa shape index (κ1) is 24.9. The Labute approximate surface area is 191 Å². The topological polar surface area (TPSA) is 77.0 Å². The predicted molar refractivity (Wildman–Crippen MR) is 117 cm³/mol. The summed E-state index contributed by atoms with van der Waals surface area (Å²) >= 11 is 0. The summed E-state index contributed by atoms with van der Waals surface area (Å²) in [6.45, 7) is 0.478. The molecule has 2 bridgehead atoms. The Balaban J connectivity index is 0.00000320. The van der Waals surface area contributed by atoms with E-state index in [4.69, 9.17) is 0 Å². The number of nitrogens with zero attached hydrogens (tertiary/aromatic N) is 3. The highest BCUT2D eigenvalue weighted by Crippen LogP contribution is 2.52. The number of allylic oxidation sites excluding steroid dienone is 2. The smallest absolute Gasteiger partial charge is 0.356 e. The van der Waals surface area contributed by atoms with Gasteiger partial charge in [0.15, 0.2) is 5.96 Å². The first-order valence-corrected chi connectivity index (χ1v) is 9.94. The number of amides is 2. The van der Waals surface area contributed by atoms with E-state index in [0.29, 0.717) is 32.0 Å². The zero-order valence-electron chi connectivity index (χ0n) is 17.1. The second-order valence-corrected chi connectivity index (χ2v) is 7.96. The number of hydrogen-bond donors (Lipinski definition) is 2. The highest BCUT2D eigenvalue weighted by molar-refractivity contribution is 14.0. The molecule has 2 amide bonds. The maximum atomic E-state index is 12.6. The van der Waals surface area contributed by atoms with Gasteiger partial charge in [0, 0.05) is 26.7 Å². The Morgan fingerprint density at radius 3 is 2.27 bits per heavy atom. The summed E-state index contributed by atoms with van der Waals surface area (Å²) in [6.07, 6.45) is 1.37. The summed E-state index contributed by atoms with van der Waals surface area (Å²) in [5.41, 5.74) is 0. The average Bonchev–Trinajstić information content (AvgIpc) is 3.31. The van der Waals surface area contributed by atoms with Crippen LogP contribution in [0.2, 0.25) is 0 Å². The first-order chi connectivity index (χ1) is 13.7. The number of alkyl halides is 3. The van der Waals surface area contributed by atoms with Crippen molar-refractivity contribution in [3.05, 3.63) is 12.2 Å². The van der Waals surface area contributed by atoms with Gasteiger partial charge in [-0.1, -0.05) is 12.2 Å². The van der Waals surface area contributed by atoms with E-state index in [-0.39, 0.29) is 66.0 Å². The fourth-order valence-electron chi connectivity index (χ4n) is 4.63. The summed E-state index contributed by atoms with van der Waals surface area (Å²) in [4.78, 5) is 31.9. The van der Waals surface area contributed by atoms with Crippen molar-refractivity contribution < 1.29 is 22.8 Å². The number of rotatable bonds is 8. The van der Waals surface area contributed by atoms with Crippen LogP contribution in [0.3, 0.4) is 0 Å². The number of hydrogen-bond acceptors (Lipinski definition) is 4. The minimum Gasteiger partial charge on any atom is -0.356 e. The molecule has 1 saturated heterocycles. The van der Waals surface area contributed by atoms with Crippen molar-refractivity contribution in [2.24, 2.45) is 28.7 Å². The molecule has 0 aromatic rings. The summed E-state index contributed by atoms with van der Waals surface area (Å²) < 4.78 is 36.9. The number of guanidine groups is 1. The minimum absolute atomic E-state index is 0. The monoisotopic (exact) mass is 543 g/mol. The van der Waals surface area contributed by atoms with Crippen LogP contribution in [-0.2, 0) is 9.59 Å². The van der Waals surface area contributed by atoms with Crippen LogP contribution in [0.5, 0.6) is 0 Å². The second kappa shape index (κ2) is 10.3. The lowest BCUT2D eigenvalue weighted by molar-refractivity contribution is -0.143. The summed E-state index contributed by atoms with van der Waals surface area (Å²) in [5, 5.41) is 6.08. The second-order valence-electron chi connectivity index (χ2n) is 7.96. The van der Waals surface area contributed by atoms with Gasteiger partial charge in [-0.2, -0.15) is 13.2 Å². The van der Waals surface area contributed by atoms with Gasteiger partial charge in [-0.05, 0) is 38.3 Å². The van der Waals surface area contributed by atoms with Crippen LogP contribution >= 0.6 is 24.0 Å².